The van der Waals surface area contributed by atoms with Crippen LogP contribution in [0.25, 0.3) is 0 Å². The summed E-state index contributed by atoms with van der Waals surface area (Å²) in [6.45, 7) is -2.48. The molecule has 0 N–H and O–H groups in total. The van der Waals surface area contributed by atoms with Crippen molar-refractivity contribution >= 4 is 40.9 Å². The summed E-state index contributed by atoms with van der Waals surface area (Å²) in [6.07, 6.45) is 0.756. The summed E-state index contributed by atoms with van der Waals surface area (Å²) in [4.78, 5) is 0. The second kappa shape index (κ2) is 4.85. The zero-order chi connectivity index (χ0) is 7.33. The van der Waals surface area contributed by atoms with Crippen LogP contribution < -0.4 is 0 Å². The first kappa shape index (κ1) is 10.1. The third kappa shape index (κ3) is 5.54. The fourth-order valence-electron chi connectivity index (χ4n) is 0.364. The van der Waals surface area contributed by atoms with E-state index >= 15 is 0 Å². The number of hydrogen-bond donors (Lipinski definition) is 0. The van der Waals surface area contributed by atoms with Crippen molar-refractivity contribution < 1.29 is 4.57 Å². The molecule has 0 saturated heterocycles. The lowest BCUT2D eigenvalue weighted by Crippen LogP contribution is -1.91. The van der Waals surface area contributed by atoms with Crippen LogP contribution in [0.5, 0.6) is 0 Å². The highest BCUT2D eigenvalue weighted by Crippen LogP contribution is 2.50. The molecule has 0 atom stereocenters. The molecule has 0 aromatic carbocycles. The van der Waals surface area contributed by atoms with Crippen LogP contribution in [0.4, 0.5) is 0 Å². The summed E-state index contributed by atoms with van der Waals surface area (Å²) >= 11 is 16.2. The van der Waals surface area contributed by atoms with Gasteiger partial charge in [-0.2, -0.15) is 0 Å². The standard InChI is InChI=1S/C4H8Cl3OP/c5-1-3-9(7,8)4-2-6/h1-4H2. The van der Waals surface area contributed by atoms with Gasteiger partial charge in [-0.05, 0) is 0 Å². The van der Waals surface area contributed by atoms with E-state index in [1.807, 2.05) is 0 Å². The molecule has 1 nitrogen and oxygen atoms in total. The second-order valence-electron chi connectivity index (χ2n) is 1.62. The van der Waals surface area contributed by atoms with Crippen molar-refractivity contribution in [1.29, 1.82) is 0 Å². The summed E-state index contributed by atoms with van der Waals surface area (Å²) in [5.74, 6) is 0.690. The number of halogens is 3. The van der Waals surface area contributed by atoms with Crippen LogP contribution in [0.3, 0.4) is 0 Å². The first-order valence-electron chi connectivity index (χ1n) is 2.52. The Bertz CT molecular complexity index is 106. The molecule has 0 aromatic heterocycles. The molecule has 56 valence electrons. The molecular weight excluding hydrogens is 201 g/mol. The predicted molar refractivity (Wildman–Crippen MR) is 44.6 cm³/mol. The molecule has 0 radical (unpaired) electrons. The van der Waals surface area contributed by atoms with Crippen molar-refractivity contribution in [3.63, 3.8) is 0 Å². The van der Waals surface area contributed by atoms with Crippen LogP contribution in [0.2, 0.25) is 0 Å². The van der Waals surface area contributed by atoms with Gasteiger partial charge in [0.2, 0.25) is 0 Å². The van der Waals surface area contributed by atoms with Crippen LogP contribution in [0, 0.1) is 0 Å². The normalized spacial score (nSPS) is 11.9. The van der Waals surface area contributed by atoms with E-state index < -0.39 is 6.49 Å². The second-order valence-corrected chi connectivity index (χ2v) is 6.69. The van der Waals surface area contributed by atoms with Gasteiger partial charge in [0.05, 0.1) is 0 Å². The van der Waals surface area contributed by atoms with Crippen LogP contribution in [-0.4, -0.2) is 24.1 Å². The third-order valence-corrected chi connectivity index (χ3v) is 4.54. The highest BCUT2D eigenvalue weighted by atomic mass is 35.7. The minimum absolute atomic E-state index is 0.345. The molecule has 9 heavy (non-hydrogen) atoms. The number of alkyl halides is 2. The van der Waals surface area contributed by atoms with E-state index in [1.165, 1.54) is 0 Å². The van der Waals surface area contributed by atoms with Gasteiger partial charge in [0.1, 0.15) is 0 Å². The van der Waals surface area contributed by atoms with Gasteiger partial charge in [-0.15, -0.1) is 23.2 Å². The number of hydrogen-bond acceptors (Lipinski definition) is 1. The lowest BCUT2D eigenvalue weighted by atomic mass is 10.9. The molecule has 0 saturated carbocycles. The molecule has 0 heterocycles. The topological polar surface area (TPSA) is 17.1 Å². The largest absolute Gasteiger partial charge is 0.307 e. The first-order valence-corrected chi connectivity index (χ1v) is 6.57. The molecule has 0 aliphatic carbocycles. The van der Waals surface area contributed by atoms with E-state index in [0.717, 1.165) is 0 Å². The zero-order valence-electron chi connectivity index (χ0n) is 4.82. The molecule has 0 bridgehead atoms. The van der Waals surface area contributed by atoms with Gasteiger partial charge in [-0.1, -0.05) is 11.2 Å². The van der Waals surface area contributed by atoms with E-state index in [-0.39, 0.29) is 0 Å². The lowest BCUT2D eigenvalue weighted by Gasteiger charge is -2.03. The van der Waals surface area contributed by atoms with Gasteiger partial charge < -0.3 is 4.57 Å². The van der Waals surface area contributed by atoms with Gasteiger partial charge in [-0.25, -0.2) is 0 Å². The van der Waals surface area contributed by atoms with Crippen molar-refractivity contribution in [1.82, 2.24) is 0 Å². The molecular formula is C4H8Cl3OP. The Labute approximate surface area is 69.8 Å². The highest BCUT2D eigenvalue weighted by Gasteiger charge is 2.15. The molecule has 0 aliphatic heterocycles. The maximum absolute atomic E-state index is 11.0. The summed E-state index contributed by atoms with van der Waals surface area (Å²) in [6, 6.07) is 0. The first-order chi connectivity index (χ1) is 4.12. The Balaban J connectivity index is 3.58. The molecule has 5 heteroatoms. The van der Waals surface area contributed by atoms with Gasteiger partial charge in [-0.3, -0.25) is 0 Å². The lowest BCUT2D eigenvalue weighted by molar-refractivity contribution is 0.586. The number of rotatable bonds is 4. The third-order valence-electron chi connectivity index (χ3n) is 0.837. The van der Waals surface area contributed by atoms with Crippen LogP contribution >= 0.6 is 40.9 Å². The maximum atomic E-state index is 11.0. The summed E-state index contributed by atoms with van der Waals surface area (Å²) in [5, 5.41) is 0. The predicted octanol–water partition coefficient (Wildman–Crippen LogP) is 2.98. The average molecular weight is 209 g/mol. The Kier molecular flexibility index (Phi) is 5.44. The van der Waals surface area contributed by atoms with Crippen LogP contribution in [0.15, 0.2) is 0 Å². The molecule has 0 amide bonds. The van der Waals surface area contributed by atoms with E-state index in [0.29, 0.717) is 24.1 Å². The fraction of sp³-hybridized carbons (Fsp3) is 1.00. The van der Waals surface area contributed by atoms with Crippen molar-refractivity contribution in [3.8, 4) is 0 Å². The molecule has 0 spiro atoms. The molecule has 0 rings (SSSR count). The summed E-state index contributed by atoms with van der Waals surface area (Å²) in [5.41, 5.74) is 0. The Hall–Kier alpha value is 1.10. The van der Waals surface area contributed by atoms with E-state index in [1.54, 1.807) is 0 Å². The molecule has 0 fully saturated rings. The van der Waals surface area contributed by atoms with Crippen LogP contribution in [-0.2, 0) is 4.57 Å². The van der Waals surface area contributed by atoms with Crippen LogP contribution in [0.1, 0.15) is 0 Å². The Morgan fingerprint density at radius 1 is 1.11 bits per heavy atom. The average Bonchev–Trinajstić information content (AvgIpc) is 1.64. The summed E-state index contributed by atoms with van der Waals surface area (Å²) in [7, 11) is 0. The van der Waals surface area contributed by atoms with Crippen molar-refractivity contribution in [2.24, 2.45) is 0 Å². The van der Waals surface area contributed by atoms with Gasteiger partial charge in [0.25, 0.3) is 0 Å². The monoisotopic (exact) mass is 208 g/mol. The highest BCUT2D eigenvalue weighted by molar-refractivity contribution is 7.89. The Morgan fingerprint density at radius 2 is 1.44 bits per heavy atom. The van der Waals surface area contributed by atoms with Crippen molar-refractivity contribution in [2.45, 2.75) is 0 Å². The van der Waals surface area contributed by atoms with Gasteiger partial charge in [0, 0.05) is 24.1 Å². The summed E-state index contributed by atoms with van der Waals surface area (Å²) < 4.78 is 11.0. The van der Waals surface area contributed by atoms with Crippen molar-refractivity contribution in [3.05, 3.63) is 0 Å². The van der Waals surface area contributed by atoms with E-state index in [2.05, 4.69) is 0 Å². The zero-order valence-corrected chi connectivity index (χ0v) is 7.98. The minimum atomic E-state index is -2.48. The minimum Gasteiger partial charge on any atom is -0.307 e. The quantitative estimate of drug-likeness (QED) is 0.514. The van der Waals surface area contributed by atoms with Gasteiger partial charge in [0.15, 0.2) is 6.49 Å². The fourth-order valence-corrected chi connectivity index (χ4v) is 3.76. The molecule has 0 aromatic rings. The Morgan fingerprint density at radius 3 is 1.67 bits per heavy atom. The smallest absolute Gasteiger partial charge is 0.171 e. The van der Waals surface area contributed by atoms with E-state index in [4.69, 9.17) is 34.4 Å². The van der Waals surface area contributed by atoms with Gasteiger partial charge >= 0.3 is 0 Å². The molecule has 0 aliphatic rings. The maximum Gasteiger partial charge on any atom is 0.171 e. The molecule has 0 unspecified atom stereocenters. The SMILES string of the molecule is O=P(Cl)(CCCl)CCCl. The van der Waals surface area contributed by atoms with Crippen molar-refractivity contribution in [2.75, 3.05) is 24.1 Å². The van der Waals surface area contributed by atoms with E-state index in [9.17, 15) is 4.57 Å².